The fraction of sp³-hybridized carbons (Fsp3) is 0.583. The fourth-order valence-electron chi connectivity index (χ4n) is 2.25. The van der Waals surface area contributed by atoms with E-state index < -0.39 is 0 Å². The highest BCUT2D eigenvalue weighted by Crippen LogP contribution is 2.30. The zero-order valence-corrected chi connectivity index (χ0v) is 10.8. The van der Waals surface area contributed by atoms with E-state index in [4.69, 9.17) is 0 Å². The SMILES string of the molecule is O=C1CCC(C(=O)N(Cc2nccs2)C2CC2)N1. The first kappa shape index (κ1) is 11.6. The monoisotopic (exact) mass is 265 g/mol. The molecule has 2 aliphatic rings. The van der Waals surface area contributed by atoms with Crippen LogP contribution in [-0.4, -0.2) is 33.8 Å². The molecule has 18 heavy (non-hydrogen) atoms. The molecule has 5 nitrogen and oxygen atoms in total. The number of nitrogens with one attached hydrogen (secondary N) is 1. The van der Waals surface area contributed by atoms with Gasteiger partial charge in [-0.05, 0) is 19.3 Å². The minimum Gasteiger partial charge on any atom is -0.344 e. The molecule has 1 aliphatic heterocycles. The largest absolute Gasteiger partial charge is 0.344 e. The molecule has 1 atom stereocenters. The Hall–Kier alpha value is -1.43. The summed E-state index contributed by atoms with van der Waals surface area (Å²) in [7, 11) is 0. The van der Waals surface area contributed by atoms with Crippen molar-refractivity contribution in [3.8, 4) is 0 Å². The van der Waals surface area contributed by atoms with Crippen LogP contribution in [0.2, 0.25) is 0 Å². The molecule has 1 saturated heterocycles. The minimum absolute atomic E-state index is 0.0154. The van der Waals surface area contributed by atoms with Crippen LogP contribution in [0.25, 0.3) is 0 Å². The van der Waals surface area contributed by atoms with Gasteiger partial charge in [0, 0.05) is 24.0 Å². The predicted octanol–water partition coefficient (Wildman–Crippen LogP) is 0.913. The van der Waals surface area contributed by atoms with E-state index in [1.807, 2.05) is 10.3 Å². The summed E-state index contributed by atoms with van der Waals surface area (Å²) in [5.41, 5.74) is 0. The molecule has 0 aromatic carbocycles. The van der Waals surface area contributed by atoms with Gasteiger partial charge in [-0.15, -0.1) is 11.3 Å². The second-order valence-corrected chi connectivity index (χ2v) is 5.76. The number of hydrogen-bond donors (Lipinski definition) is 1. The zero-order valence-electron chi connectivity index (χ0n) is 9.96. The lowest BCUT2D eigenvalue weighted by molar-refractivity contribution is -0.135. The molecule has 0 bridgehead atoms. The van der Waals surface area contributed by atoms with Crippen LogP contribution in [-0.2, 0) is 16.1 Å². The van der Waals surface area contributed by atoms with Gasteiger partial charge in [-0.25, -0.2) is 4.98 Å². The van der Waals surface area contributed by atoms with E-state index in [0.717, 1.165) is 17.8 Å². The van der Waals surface area contributed by atoms with Gasteiger partial charge in [-0.2, -0.15) is 0 Å². The maximum atomic E-state index is 12.4. The van der Waals surface area contributed by atoms with Crippen molar-refractivity contribution in [2.75, 3.05) is 0 Å². The molecule has 1 aromatic rings. The molecule has 2 amide bonds. The Morgan fingerprint density at radius 3 is 2.89 bits per heavy atom. The van der Waals surface area contributed by atoms with Gasteiger partial charge in [0.25, 0.3) is 0 Å². The molecule has 0 spiro atoms. The van der Waals surface area contributed by atoms with Crippen molar-refractivity contribution < 1.29 is 9.59 Å². The molecule has 1 aliphatic carbocycles. The quantitative estimate of drug-likeness (QED) is 0.880. The van der Waals surface area contributed by atoms with Crippen molar-refractivity contribution in [1.29, 1.82) is 0 Å². The van der Waals surface area contributed by atoms with Crippen LogP contribution >= 0.6 is 11.3 Å². The van der Waals surface area contributed by atoms with E-state index in [1.165, 1.54) is 0 Å². The van der Waals surface area contributed by atoms with Gasteiger partial charge in [0.1, 0.15) is 11.0 Å². The van der Waals surface area contributed by atoms with Crippen LogP contribution in [0.1, 0.15) is 30.7 Å². The lowest BCUT2D eigenvalue weighted by Crippen LogP contribution is -2.45. The van der Waals surface area contributed by atoms with Crippen molar-refractivity contribution in [2.45, 2.75) is 44.3 Å². The average Bonchev–Trinajstić information content (AvgIpc) is 2.88. The predicted molar refractivity (Wildman–Crippen MR) is 66.9 cm³/mol. The Bertz CT molecular complexity index is 456. The van der Waals surface area contributed by atoms with Gasteiger partial charge in [0.05, 0.1) is 6.54 Å². The molecule has 1 unspecified atom stereocenters. The number of carbonyl (C=O) groups excluding carboxylic acids is 2. The second kappa shape index (κ2) is 4.68. The zero-order chi connectivity index (χ0) is 12.5. The third-order valence-electron chi connectivity index (χ3n) is 3.35. The van der Waals surface area contributed by atoms with Crippen LogP contribution in [0.4, 0.5) is 0 Å². The molecule has 96 valence electrons. The molecule has 1 N–H and O–H groups in total. The second-order valence-electron chi connectivity index (χ2n) is 4.78. The van der Waals surface area contributed by atoms with Gasteiger partial charge in [-0.1, -0.05) is 0 Å². The molecular weight excluding hydrogens is 250 g/mol. The molecular formula is C12H15N3O2S. The highest BCUT2D eigenvalue weighted by Gasteiger charge is 2.38. The van der Waals surface area contributed by atoms with Crippen molar-refractivity contribution >= 4 is 23.2 Å². The van der Waals surface area contributed by atoms with Gasteiger partial charge < -0.3 is 10.2 Å². The summed E-state index contributed by atoms with van der Waals surface area (Å²) in [6.07, 6.45) is 4.98. The number of amides is 2. The summed E-state index contributed by atoms with van der Waals surface area (Å²) in [5.74, 6) is 0.0388. The van der Waals surface area contributed by atoms with Crippen LogP contribution in [0, 0.1) is 0 Å². The van der Waals surface area contributed by atoms with E-state index in [9.17, 15) is 9.59 Å². The van der Waals surface area contributed by atoms with Gasteiger partial charge in [-0.3, -0.25) is 9.59 Å². The fourth-order valence-corrected chi connectivity index (χ4v) is 2.86. The average molecular weight is 265 g/mol. The molecule has 2 fully saturated rings. The molecule has 6 heteroatoms. The Morgan fingerprint density at radius 2 is 2.33 bits per heavy atom. The number of carbonyl (C=O) groups is 2. The Kier molecular flexibility index (Phi) is 3.03. The Balaban J connectivity index is 1.69. The first-order chi connectivity index (χ1) is 8.74. The standard InChI is InChI=1S/C12H15N3O2S/c16-10-4-3-9(14-10)12(17)15(8-1-2-8)7-11-13-5-6-18-11/h5-6,8-9H,1-4,7H2,(H,14,16). The first-order valence-corrected chi connectivity index (χ1v) is 7.10. The van der Waals surface area contributed by atoms with E-state index in [0.29, 0.717) is 25.4 Å². The lowest BCUT2D eigenvalue weighted by Gasteiger charge is -2.24. The van der Waals surface area contributed by atoms with E-state index >= 15 is 0 Å². The number of hydrogen-bond acceptors (Lipinski definition) is 4. The maximum Gasteiger partial charge on any atom is 0.245 e. The number of nitrogens with zero attached hydrogens (tertiary/aromatic N) is 2. The Labute approximate surface area is 109 Å². The number of aromatic nitrogens is 1. The third kappa shape index (κ3) is 2.38. The molecule has 1 saturated carbocycles. The summed E-state index contributed by atoms with van der Waals surface area (Å²) in [4.78, 5) is 29.7. The van der Waals surface area contributed by atoms with E-state index in [1.54, 1.807) is 17.5 Å². The molecule has 3 rings (SSSR count). The van der Waals surface area contributed by atoms with Crippen LogP contribution in [0.5, 0.6) is 0 Å². The number of thiazole rings is 1. The van der Waals surface area contributed by atoms with Crippen molar-refractivity contribution in [3.63, 3.8) is 0 Å². The first-order valence-electron chi connectivity index (χ1n) is 6.22. The normalized spacial score (nSPS) is 22.9. The summed E-state index contributed by atoms with van der Waals surface area (Å²) in [6.45, 7) is 0.577. The van der Waals surface area contributed by atoms with Crippen LogP contribution in [0.3, 0.4) is 0 Å². The topological polar surface area (TPSA) is 62.3 Å². The van der Waals surface area contributed by atoms with Gasteiger partial charge >= 0.3 is 0 Å². The van der Waals surface area contributed by atoms with Crippen LogP contribution < -0.4 is 5.32 Å². The van der Waals surface area contributed by atoms with E-state index in [-0.39, 0.29) is 17.9 Å². The summed E-state index contributed by atoms with van der Waals surface area (Å²) in [6, 6.07) is 0.0250. The molecule has 1 aromatic heterocycles. The van der Waals surface area contributed by atoms with Crippen molar-refractivity contribution in [3.05, 3.63) is 16.6 Å². The highest BCUT2D eigenvalue weighted by molar-refractivity contribution is 7.09. The molecule has 0 radical (unpaired) electrons. The lowest BCUT2D eigenvalue weighted by atomic mass is 10.2. The minimum atomic E-state index is -0.321. The van der Waals surface area contributed by atoms with Crippen molar-refractivity contribution in [2.24, 2.45) is 0 Å². The maximum absolute atomic E-state index is 12.4. The summed E-state index contributed by atoms with van der Waals surface area (Å²) < 4.78 is 0. The van der Waals surface area contributed by atoms with Crippen LogP contribution in [0.15, 0.2) is 11.6 Å². The third-order valence-corrected chi connectivity index (χ3v) is 4.12. The number of rotatable bonds is 4. The molecule has 2 heterocycles. The van der Waals surface area contributed by atoms with E-state index in [2.05, 4.69) is 10.3 Å². The van der Waals surface area contributed by atoms with Gasteiger partial charge in [0.2, 0.25) is 11.8 Å². The summed E-state index contributed by atoms with van der Waals surface area (Å²) in [5, 5.41) is 5.63. The highest BCUT2D eigenvalue weighted by atomic mass is 32.1. The van der Waals surface area contributed by atoms with Crippen molar-refractivity contribution in [1.82, 2.24) is 15.2 Å². The summed E-state index contributed by atoms with van der Waals surface area (Å²) >= 11 is 1.56. The van der Waals surface area contributed by atoms with Gasteiger partial charge in [0.15, 0.2) is 0 Å². The Morgan fingerprint density at radius 1 is 1.50 bits per heavy atom. The smallest absolute Gasteiger partial charge is 0.245 e.